The molecule has 0 aliphatic heterocycles. The van der Waals surface area contributed by atoms with E-state index in [0.29, 0.717) is 5.56 Å². The summed E-state index contributed by atoms with van der Waals surface area (Å²) in [6.07, 6.45) is 14.1. The second kappa shape index (κ2) is 8.42. The summed E-state index contributed by atoms with van der Waals surface area (Å²) in [5, 5.41) is 0. The van der Waals surface area contributed by atoms with Gasteiger partial charge in [-0.2, -0.15) is 0 Å². The quantitative estimate of drug-likeness (QED) is 0.391. The van der Waals surface area contributed by atoms with Gasteiger partial charge in [-0.15, -0.1) is 6.58 Å². The molecule has 0 N–H and O–H groups in total. The van der Waals surface area contributed by atoms with E-state index >= 15 is 0 Å². The Bertz CT molecular complexity index is 556. The molecule has 0 heterocycles. The number of allylic oxidation sites excluding steroid dienone is 1. The molecule has 2 saturated carbocycles. The minimum Gasteiger partial charge on any atom is -0.204 e. The van der Waals surface area contributed by atoms with E-state index in [0.717, 1.165) is 43.4 Å². The fourth-order valence-corrected chi connectivity index (χ4v) is 4.78. The van der Waals surface area contributed by atoms with Gasteiger partial charge in [0.15, 0.2) is 17.5 Å². The van der Waals surface area contributed by atoms with E-state index in [2.05, 4.69) is 12.7 Å². The zero-order valence-electron chi connectivity index (χ0n) is 15.0. The van der Waals surface area contributed by atoms with Crippen LogP contribution >= 0.6 is 0 Å². The maximum Gasteiger partial charge on any atom is 0.194 e. The van der Waals surface area contributed by atoms with Crippen LogP contribution in [0.2, 0.25) is 0 Å². The zero-order chi connectivity index (χ0) is 17.8. The van der Waals surface area contributed by atoms with E-state index in [1.807, 2.05) is 0 Å². The first-order chi connectivity index (χ1) is 12.1. The molecule has 0 unspecified atom stereocenters. The van der Waals surface area contributed by atoms with Crippen LogP contribution in [-0.4, -0.2) is 0 Å². The van der Waals surface area contributed by atoms with Crippen molar-refractivity contribution in [2.24, 2.45) is 17.8 Å². The van der Waals surface area contributed by atoms with Crippen molar-refractivity contribution in [1.29, 1.82) is 0 Å². The number of benzene rings is 1. The van der Waals surface area contributed by atoms with Crippen LogP contribution in [0.25, 0.3) is 0 Å². The third-order valence-corrected chi connectivity index (χ3v) is 6.53. The Balaban J connectivity index is 1.44. The summed E-state index contributed by atoms with van der Waals surface area (Å²) in [4.78, 5) is 0. The first-order valence-electron chi connectivity index (χ1n) is 9.83. The third-order valence-electron chi connectivity index (χ3n) is 6.53. The Labute approximate surface area is 149 Å². The predicted molar refractivity (Wildman–Crippen MR) is 95.9 cm³/mol. The van der Waals surface area contributed by atoms with Gasteiger partial charge in [0.1, 0.15) is 0 Å². The molecule has 2 aliphatic carbocycles. The van der Waals surface area contributed by atoms with Gasteiger partial charge >= 0.3 is 0 Å². The maximum atomic E-state index is 13.4. The van der Waals surface area contributed by atoms with Gasteiger partial charge in [-0.3, -0.25) is 0 Å². The van der Waals surface area contributed by atoms with Gasteiger partial charge in [-0.1, -0.05) is 18.9 Å². The molecule has 3 heteroatoms. The van der Waals surface area contributed by atoms with Gasteiger partial charge < -0.3 is 0 Å². The van der Waals surface area contributed by atoms with Crippen LogP contribution in [0, 0.1) is 35.2 Å². The predicted octanol–water partition coefficient (Wildman–Crippen LogP) is 7.15. The number of rotatable bonds is 5. The molecule has 1 aromatic carbocycles. The van der Waals surface area contributed by atoms with Crippen LogP contribution in [0.15, 0.2) is 24.8 Å². The first-order valence-corrected chi connectivity index (χ1v) is 9.83. The van der Waals surface area contributed by atoms with Crippen molar-refractivity contribution in [3.63, 3.8) is 0 Å². The molecule has 3 rings (SSSR count). The van der Waals surface area contributed by atoms with E-state index < -0.39 is 17.5 Å². The monoisotopic (exact) mass is 350 g/mol. The lowest BCUT2D eigenvalue weighted by Crippen LogP contribution is -2.17. The summed E-state index contributed by atoms with van der Waals surface area (Å²) in [5.74, 6) is -0.979. The van der Waals surface area contributed by atoms with E-state index in [4.69, 9.17) is 0 Å². The molecule has 1 aromatic rings. The van der Waals surface area contributed by atoms with Crippen LogP contribution in [0.1, 0.15) is 75.7 Å². The van der Waals surface area contributed by atoms with Crippen LogP contribution in [0.5, 0.6) is 0 Å². The molecule has 0 atom stereocenters. The minimum absolute atomic E-state index is 0.170. The first kappa shape index (κ1) is 18.5. The highest BCUT2D eigenvalue weighted by Crippen LogP contribution is 2.40. The highest BCUT2D eigenvalue weighted by Gasteiger charge is 2.26. The standard InChI is InChI=1S/C22H29F3/c1-2-15-3-5-16(6-4-15)7-8-17-9-11-18(12-10-17)19-13-20(23)22(25)21(24)14-19/h2,13-18H,1,3-12H2. The van der Waals surface area contributed by atoms with Gasteiger partial charge in [0, 0.05) is 0 Å². The molecular weight excluding hydrogens is 321 g/mol. The topological polar surface area (TPSA) is 0 Å². The second-order valence-electron chi connectivity index (χ2n) is 8.11. The lowest BCUT2D eigenvalue weighted by atomic mass is 9.74. The summed E-state index contributed by atoms with van der Waals surface area (Å²) < 4.78 is 40.0. The van der Waals surface area contributed by atoms with Gasteiger partial charge in [-0.25, -0.2) is 13.2 Å². The smallest absolute Gasteiger partial charge is 0.194 e. The van der Waals surface area contributed by atoms with Crippen molar-refractivity contribution < 1.29 is 13.2 Å². The highest BCUT2D eigenvalue weighted by molar-refractivity contribution is 5.23. The van der Waals surface area contributed by atoms with Crippen LogP contribution in [0.4, 0.5) is 13.2 Å². The average molecular weight is 350 g/mol. The Morgan fingerprint density at radius 2 is 1.28 bits per heavy atom. The van der Waals surface area contributed by atoms with Gasteiger partial charge in [-0.05, 0) is 92.7 Å². The zero-order valence-corrected chi connectivity index (χ0v) is 15.0. The number of hydrogen-bond acceptors (Lipinski definition) is 0. The van der Waals surface area contributed by atoms with Gasteiger partial charge in [0.05, 0.1) is 0 Å². The summed E-state index contributed by atoms with van der Waals surface area (Å²) in [5.41, 5.74) is 0.623. The Morgan fingerprint density at radius 3 is 1.76 bits per heavy atom. The van der Waals surface area contributed by atoms with Crippen molar-refractivity contribution >= 4 is 0 Å². The molecule has 2 aliphatic rings. The molecule has 0 nitrogen and oxygen atoms in total. The molecule has 0 amide bonds. The summed E-state index contributed by atoms with van der Waals surface area (Å²) in [6, 6.07) is 2.36. The SMILES string of the molecule is C=CC1CCC(CCC2CCC(c3cc(F)c(F)c(F)c3)CC2)CC1. The number of hydrogen-bond donors (Lipinski definition) is 0. The van der Waals surface area contributed by atoms with Gasteiger partial charge in [0.25, 0.3) is 0 Å². The summed E-state index contributed by atoms with van der Waals surface area (Å²) in [7, 11) is 0. The fourth-order valence-electron chi connectivity index (χ4n) is 4.78. The molecule has 25 heavy (non-hydrogen) atoms. The Kier molecular flexibility index (Phi) is 6.24. The second-order valence-corrected chi connectivity index (χ2v) is 8.11. The molecule has 0 radical (unpaired) electrons. The molecule has 0 aromatic heterocycles. The van der Waals surface area contributed by atoms with Crippen molar-refractivity contribution in [2.45, 2.75) is 70.1 Å². The summed E-state index contributed by atoms with van der Waals surface area (Å²) >= 11 is 0. The van der Waals surface area contributed by atoms with Crippen molar-refractivity contribution in [1.82, 2.24) is 0 Å². The van der Waals surface area contributed by atoms with Gasteiger partial charge in [0.2, 0.25) is 0 Å². The maximum absolute atomic E-state index is 13.4. The minimum atomic E-state index is -1.36. The normalized spacial score (nSPS) is 30.2. The Hall–Kier alpha value is -1.25. The highest BCUT2D eigenvalue weighted by atomic mass is 19.2. The molecule has 0 spiro atoms. The number of halogens is 3. The molecular formula is C22H29F3. The van der Waals surface area contributed by atoms with Crippen molar-refractivity contribution in [2.75, 3.05) is 0 Å². The third kappa shape index (κ3) is 4.68. The van der Waals surface area contributed by atoms with E-state index in [1.165, 1.54) is 50.7 Å². The molecule has 138 valence electrons. The van der Waals surface area contributed by atoms with Crippen LogP contribution in [0.3, 0.4) is 0 Å². The largest absolute Gasteiger partial charge is 0.204 e. The van der Waals surface area contributed by atoms with Crippen LogP contribution < -0.4 is 0 Å². The lowest BCUT2D eigenvalue weighted by Gasteiger charge is -2.31. The van der Waals surface area contributed by atoms with E-state index in [9.17, 15) is 13.2 Å². The molecule has 2 fully saturated rings. The fraction of sp³-hybridized carbons (Fsp3) is 0.636. The van der Waals surface area contributed by atoms with Crippen molar-refractivity contribution in [3.05, 3.63) is 47.8 Å². The molecule has 0 bridgehead atoms. The lowest BCUT2D eigenvalue weighted by molar-refractivity contribution is 0.246. The molecule has 0 saturated heterocycles. The van der Waals surface area contributed by atoms with Crippen LogP contribution in [-0.2, 0) is 0 Å². The average Bonchev–Trinajstić information content (AvgIpc) is 2.65. The van der Waals surface area contributed by atoms with E-state index in [-0.39, 0.29) is 5.92 Å². The summed E-state index contributed by atoms with van der Waals surface area (Å²) in [6.45, 7) is 3.91. The Morgan fingerprint density at radius 1 is 0.800 bits per heavy atom. The van der Waals surface area contributed by atoms with E-state index in [1.54, 1.807) is 0 Å². The van der Waals surface area contributed by atoms with Crippen molar-refractivity contribution in [3.8, 4) is 0 Å².